The summed E-state index contributed by atoms with van der Waals surface area (Å²) in [7, 11) is 0. The topological polar surface area (TPSA) is 23.8 Å². The van der Waals surface area contributed by atoms with Gasteiger partial charge in [0.05, 0.1) is 6.07 Å². The molecule has 2 rings (SSSR count). The van der Waals surface area contributed by atoms with Crippen LogP contribution in [-0.2, 0) is 0 Å². The summed E-state index contributed by atoms with van der Waals surface area (Å²) in [6, 6.07) is 2.54. The van der Waals surface area contributed by atoms with Gasteiger partial charge in [-0.1, -0.05) is 26.2 Å². The largest absolute Gasteiger partial charge is 0.197 e. The summed E-state index contributed by atoms with van der Waals surface area (Å²) in [6.07, 6.45) is 7.81. The fraction of sp³-hybridized carbons (Fsp3) is 0.909. The lowest BCUT2D eigenvalue weighted by molar-refractivity contribution is 0.771. The van der Waals surface area contributed by atoms with Gasteiger partial charge >= 0.3 is 0 Å². The Kier molecular flexibility index (Phi) is 2.55. The van der Waals surface area contributed by atoms with Gasteiger partial charge in [0.15, 0.2) is 0 Å². The van der Waals surface area contributed by atoms with Crippen molar-refractivity contribution in [3.63, 3.8) is 0 Å². The minimum atomic E-state index is 0.0454. The Morgan fingerprint density at radius 1 is 1.46 bits per heavy atom. The molecule has 0 aromatic carbocycles. The van der Waals surface area contributed by atoms with Gasteiger partial charge in [-0.2, -0.15) is 5.26 Å². The average molecular weight is 195 g/mol. The van der Waals surface area contributed by atoms with Crippen LogP contribution in [0.4, 0.5) is 0 Å². The first kappa shape index (κ1) is 9.40. The molecule has 72 valence electrons. The summed E-state index contributed by atoms with van der Waals surface area (Å²) >= 11 is 1.99. The zero-order valence-electron chi connectivity index (χ0n) is 8.25. The van der Waals surface area contributed by atoms with Crippen LogP contribution < -0.4 is 0 Å². The summed E-state index contributed by atoms with van der Waals surface area (Å²) < 4.78 is 0.0454. The van der Waals surface area contributed by atoms with Crippen LogP contribution in [0, 0.1) is 17.2 Å². The van der Waals surface area contributed by atoms with Crippen LogP contribution in [0.3, 0.4) is 0 Å². The second-order valence-electron chi connectivity index (χ2n) is 4.33. The predicted molar refractivity (Wildman–Crippen MR) is 56.6 cm³/mol. The van der Waals surface area contributed by atoms with E-state index in [1.807, 2.05) is 11.8 Å². The molecule has 0 amide bonds. The van der Waals surface area contributed by atoms with E-state index in [9.17, 15) is 0 Å². The molecule has 0 heterocycles. The van der Waals surface area contributed by atoms with Gasteiger partial charge in [0.1, 0.15) is 4.75 Å². The summed E-state index contributed by atoms with van der Waals surface area (Å²) in [4.78, 5) is 0. The van der Waals surface area contributed by atoms with E-state index in [0.717, 1.165) is 11.7 Å². The van der Waals surface area contributed by atoms with E-state index in [2.05, 4.69) is 13.0 Å². The molecule has 2 heteroatoms. The molecule has 0 radical (unpaired) electrons. The molecular weight excluding hydrogens is 178 g/mol. The van der Waals surface area contributed by atoms with Gasteiger partial charge in [0.25, 0.3) is 0 Å². The Bertz CT molecular complexity index is 227. The third-order valence-corrected chi connectivity index (χ3v) is 5.23. The number of nitrogens with zero attached hydrogens (tertiary/aromatic N) is 1. The van der Waals surface area contributed by atoms with Crippen molar-refractivity contribution in [2.45, 2.75) is 55.4 Å². The van der Waals surface area contributed by atoms with Crippen LogP contribution in [0.15, 0.2) is 0 Å². The van der Waals surface area contributed by atoms with E-state index >= 15 is 0 Å². The number of nitriles is 1. The highest BCUT2D eigenvalue weighted by molar-refractivity contribution is 8.01. The molecule has 0 aromatic rings. The van der Waals surface area contributed by atoms with Crippen LogP contribution in [0.2, 0.25) is 0 Å². The van der Waals surface area contributed by atoms with Gasteiger partial charge in [-0.3, -0.25) is 0 Å². The zero-order valence-corrected chi connectivity index (χ0v) is 9.07. The molecule has 0 aliphatic heterocycles. The van der Waals surface area contributed by atoms with Gasteiger partial charge in [-0.25, -0.2) is 0 Å². The molecule has 2 atom stereocenters. The lowest BCUT2D eigenvalue weighted by atomic mass is 10.3. The van der Waals surface area contributed by atoms with Crippen molar-refractivity contribution in [2.75, 3.05) is 0 Å². The molecule has 2 saturated carbocycles. The molecule has 0 aromatic heterocycles. The fourth-order valence-electron chi connectivity index (χ4n) is 2.39. The van der Waals surface area contributed by atoms with Gasteiger partial charge in [-0.15, -0.1) is 11.8 Å². The van der Waals surface area contributed by atoms with Crippen molar-refractivity contribution < 1.29 is 0 Å². The first-order chi connectivity index (χ1) is 6.30. The summed E-state index contributed by atoms with van der Waals surface area (Å²) in [5.41, 5.74) is 0. The zero-order chi connectivity index (χ0) is 9.31. The van der Waals surface area contributed by atoms with Crippen molar-refractivity contribution in [3.8, 4) is 6.07 Å². The molecule has 2 aliphatic carbocycles. The Labute approximate surface area is 84.9 Å². The predicted octanol–water partition coefficient (Wildman–Crippen LogP) is 3.35. The number of hydrogen-bond donors (Lipinski definition) is 0. The van der Waals surface area contributed by atoms with Crippen LogP contribution in [-0.4, -0.2) is 10.00 Å². The maximum Gasteiger partial charge on any atom is 0.106 e. The SMILES string of the molecule is CCC1CC1(C#N)SC1CCCC1. The minimum absolute atomic E-state index is 0.0454. The molecule has 2 unspecified atom stereocenters. The Balaban J connectivity index is 1.89. The van der Waals surface area contributed by atoms with Crippen LogP contribution >= 0.6 is 11.8 Å². The van der Waals surface area contributed by atoms with E-state index < -0.39 is 0 Å². The van der Waals surface area contributed by atoms with Crippen LogP contribution in [0.25, 0.3) is 0 Å². The summed E-state index contributed by atoms with van der Waals surface area (Å²) in [6.45, 7) is 2.21. The summed E-state index contributed by atoms with van der Waals surface area (Å²) in [5, 5.41) is 9.95. The number of thioether (sulfide) groups is 1. The first-order valence-corrected chi connectivity index (χ1v) is 6.28. The lowest BCUT2D eigenvalue weighted by Gasteiger charge is -2.13. The monoisotopic (exact) mass is 195 g/mol. The maximum atomic E-state index is 9.15. The Hall–Kier alpha value is -0.160. The number of hydrogen-bond acceptors (Lipinski definition) is 2. The van der Waals surface area contributed by atoms with E-state index in [4.69, 9.17) is 5.26 Å². The Morgan fingerprint density at radius 3 is 2.62 bits per heavy atom. The molecule has 0 saturated heterocycles. The third-order valence-electron chi connectivity index (χ3n) is 3.41. The second-order valence-corrected chi connectivity index (χ2v) is 5.97. The van der Waals surface area contributed by atoms with Gasteiger partial charge in [-0.05, 0) is 25.2 Å². The quantitative estimate of drug-likeness (QED) is 0.689. The van der Waals surface area contributed by atoms with E-state index in [1.165, 1.54) is 32.1 Å². The molecule has 0 spiro atoms. The highest BCUT2D eigenvalue weighted by Crippen LogP contribution is 2.58. The molecular formula is C11H17NS. The third kappa shape index (κ3) is 1.72. The van der Waals surface area contributed by atoms with Crippen molar-refractivity contribution in [3.05, 3.63) is 0 Å². The van der Waals surface area contributed by atoms with Crippen LogP contribution in [0.1, 0.15) is 45.4 Å². The lowest BCUT2D eigenvalue weighted by Crippen LogP contribution is -2.09. The van der Waals surface area contributed by atoms with E-state index in [1.54, 1.807) is 0 Å². The van der Waals surface area contributed by atoms with Gasteiger partial charge < -0.3 is 0 Å². The standard InChI is InChI=1S/C11H17NS/c1-2-9-7-11(9,8-12)13-10-5-3-4-6-10/h9-10H,2-7H2,1H3. The second kappa shape index (κ2) is 3.53. The molecule has 0 bridgehead atoms. The smallest absolute Gasteiger partial charge is 0.106 e. The van der Waals surface area contributed by atoms with Crippen molar-refractivity contribution in [1.29, 1.82) is 5.26 Å². The molecule has 0 N–H and O–H groups in total. The van der Waals surface area contributed by atoms with E-state index in [0.29, 0.717) is 5.92 Å². The highest BCUT2D eigenvalue weighted by Gasteiger charge is 2.55. The molecule has 13 heavy (non-hydrogen) atoms. The van der Waals surface area contributed by atoms with Crippen molar-refractivity contribution >= 4 is 11.8 Å². The highest BCUT2D eigenvalue weighted by atomic mass is 32.2. The van der Waals surface area contributed by atoms with Gasteiger partial charge in [0.2, 0.25) is 0 Å². The Morgan fingerprint density at radius 2 is 2.15 bits per heavy atom. The van der Waals surface area contributed by atoms with Crippen molar-refractivity contribution in [2.24, 2.45) is 5.92 Å². The first-order valence-electron chi connectivity index (χ1n) is 5.40. The van der Waals surface area contributed by atoms with E-state index in [-0.39, 0.29) is 4.75 Å². The molecule has 2 fully saturated rings. The van der Waals surface area contributed by atoms with Crippen LogP contribution in [0.5, 0.6) is 0 Å². The number of rotatable bonds is 3. The average Bonchev–Trinajstić information content (AvgIpc) is 2.60. The molecule has 1 nitrogen and oxygen atoms in total. The normalized spacial score (nSPS) is 38.9. The fourth-order valence-corrected chi connectivity index (χ4v) is 4.27. The summed E-state index contributed by atoms with van der Waals surface area (Å²) in [5.74, 6) is 0.697. The minimum Gasteiger partial charge on any atom is -0.197 e. The van der Waals surface area contributed by atoms with Gasteiger partial charge in [0, 0.05) is 5.25 Å². The molecule has 2 aliphatic rings. The van der Waals surface area contributed by atoms with Crippen molar-refractivity contribution in [1.82, 2.24) is 0 Å². The maximum absolute atomic E-state index is 9.15.